The molecule has 1 amide bonds. The standard InChI is InChI=1S/C72H121N2O6P/c1-6-8-10-12-14-16-18-20-22-24-26-27-28-29-30-31-32-33-34-35-36-37-38-39-40-41-42-43-44-45-46-47-48-50-52-54-56-58-60-62-64-66-72(76)73-70(69-80-81(77,78)79-68-67-74(3,4)5)71(75)65-63-61-59-57-55-53-51-49-25-23-21-19-17-15-13-11-9-7-2/h8,10,14,16,20,22,26-27,29-30,32-33,35-36,38-39,41-42,44-45,47-48,55,57,63,65,70-71,75H,6-7,9,11-13,15,17-19,21,23-25,28,31,34,37,40,43,46,49-54,56,58-62,64,66-69H2,1-5H3,(H-,73,76,77,78)/b10-8-,16-14-,22-20-,27-26-,30-29-,33-32-,36-35-,39-38-,42-41-,45-44-,48-47-,57-55+,65-63+. The predicted molar refractivity (Wildman–Crippen MR) is 352 cm³/mol. The molecule has 0 aliphatic rings. The number of phosphoric ester groups is 1. The number of allylic oxidation sites excluding steroid dienone is 25. The Morgan fingerprint density at radius 2 is 0.765 bits per heavy atom. The van der Waals surface area contributed by atoms with Crippen molar-refractivity contribution in [3.8, 4) is 0 Å². The van der Waals surface area contributed by atoms with Crippen molar-refractivity contribution in [3.05, 3.63) is 158 Å². The fraction of sp³-hybridized carbons (Fsp3) is 0.625. The smallest absolute Gasteiger partial charge is 0.268 e. The number of rotatable bonds is 57. The van der Waals surface area contributed by atoms with Crippen molar-refractivity contribution in [2.24, 2.45) is 0 Å². The van der Waals surface area contributed by atoms with Gasteiger partial charge in [0, 0.05) is 6.42 Å². The second kappa shape index (κ2) is 60.7. The van der Waals surface area contributed by atoms with Crippen molar-refractivity contribution >= 4 is 13.7 Å². The molecule has 0 rings (SSSR count). The number of carbonyl (C=O) groups excluding carboxylic acids is 1. The Balaban J connectivity index is 4.19. The molecule has 0 spiro atoms. The Morgan fingerprint density at radius 1 is 0.444 bits per heavy atom. The van der Waals surface area contributed by atoms with Crippen molar-refractivity contribution in [2.45, 2.75) is 251 Å². The van der Waals surface area contributed by atoms with Crippen LogP contribution < -0.4 is 10.2 Å². The number of likely N-dealkylation sites (N-methyl/N-ethyl adjacent to an activating group) is 1. The monoisotopic (exact) mass is 1140 g/mol. The Bertz CT molecular complexity index is 1870. The van der Waals surface area contributed by atoms with E-state index in [1.165, 1.54) is 96.3 Å². The highest BCUT2D eigenvalue weighted by molar-refractivity contribution is 7.45. The number of amides is 1. The van der Waals surface area contributed by atoms with Gasteiger partial charge in [0.25, 0.3) is 7.82 Å². The topological polar surface area (TPSA) is 108 Å². The lowest BCUT2D eigenvalue weighted by atomic mass is 10.0. The molecule has 3 unspecified atom stereocenters. The Kier molecular flexibility index (Phi) is 57.8. The molecule has 3 atom stereocenters. The maximum atomic E-state index is 13.0. The number of quaternary nitrogens is 1. The molecule has 8 nitrogen and oxygen atoms in total. The van der Waals surface area contributed by atoms with Gasteiger partial charge in [0.1, 0.15) is 13.2 Å². The first-order chi connectivity index (χ1) is 39.5. The first kappa shape index (κ1) is 77.1. The summed E-state index contributed by atoms with van der Waals surface area (Å²) in [5.74, 6) is -0.224. The molecular weight excluding hydrogens is 1020 g/mol. The first-order valence-electron chi connectivity index (χ1n) is 32.3. The highest BCUT2D eigenvalue weighted by atomic mass is 31.2. The number of hydrogen-bond donors (Lipinski definition) is 2. The molecule has 0 bridgehead atoms. The average Bonchev–Trinajstić information content (AvgIpc) is 3.43. The molecule has 0 heterocycles. The number of aliphatic hydroxyl groups excluding tert-OH is 1. The van der Waals surface area contributed by atoms with Gasteiger partial charge in [-0.25, -0.2) is 0 Å². The molecule has 81 heavy (non-hydrogen) atoms. The molecular formula is C72H121N2O6P. The zero-order valence-corrected chi connectivity index (χ0v) is 53.3. The minimum absolute atomic E-state index is 0.0165. The zero-order chi connectivity index (χ0) is 59.1. The van der Waals surface area contributed by atoms with Crippen molar-refractivity contribution in [2.75, 3.05) is 40.9 Å². The molecule has 0 fully saturated rings. The Morgan fingerprint density at radius 3 is 1.15 bits per heavy atom. The van der Waals surface area contributed by atoms with E-state index < -0.39 is 26.6 Å². The summed E-state index contributed by atoms with van der Waals surface area (Å²) in [6, 6.07) is -0.921. The summed E-state index contributed by atoms with van der Waals surface area (Å²) in [4.78, 5) is 25.5. The molecule has 0 saturated heterocycles. The summed E-state index contributed by atoms with van der Waals surface area (Å²) in [6.07, 6.45) is 94.8. The molecule has 0 aliphatic heterocycles. The number of nitrogens with one attached hydrogen (secondary N) is 1. The van der Waals surface area contributed by atoms with E-state index in [0.717, 1.165) is 122 Å². The van der Waals surface area contributed by atoms with Gasteiger partial charge in [-0.1, -0.05) is 275 Å². The summed E-state index contributed by atoms with van der Waals surface area (Å²) in [6.45, 7) is 4.49. The van der Waals surface area contributed by atoms with Gasteiger partial charge in [-0.3, -0.25) is 9.36 Å². The number of aliphatic hydroxyl groups is 1. The van der Waals surface area contributed by atoms with Crippen LogP contribution in [0.2, 0.25) is 0 Å². The third-order valence-corrected chi connectivity index (χ3v) is 14.4. The van der Waals surface area contributed by atoms with E-state index >= 15 is 0 Å². The molecule has 0 saturated carbocycles. The molecule has 0 aromatic carbocycles. The van der Waals surface area contributed by atoms with Gasteiger partial charge in [0.15, 0.2) is 0 Å². The number of nitrogens with zero attached hydrogens (tertiary/aromatic N) is 1. The lowest BCUT2D eigenvalue weighted by Gasteiger charge is -2.29. The fourth-order valence-electron chi connectivity index (χ4n) is 8.47. The molecule has 0 aliphatic carbocycles. The lowest BCUT2D eigenvalue weighted by molar-refractivity contribution is -0.870. The van der Waals surface area contributed by atoms with Crippen molar-refractivity contribution < 1.29 is 32.9 Å². The van der Waals surface area contributed by atoms with Crippen LogP contribution in [0, 0.1) is 0 Å². The summed E-state index contributed by atoms with van der Waals surface area (Å²) in [5.41, 5.74) is 0. The molecule has 2 N–H and O–H groups in total. The van der Waals surface area contributed by atoms with E-state index in [-0.39, 0.29) is 12.5 Å². The van der Waals surface area contributed by atoms with Gasteiger partial charge in [0.05, 0.1) is 39.9 Å². The van der Waals surface area contributed by atoms with Gasteiger partial charge in [-0.15, -0.1) is 0 Å². The van der Waals surface area contributed by atoms with E-state index in [4.69, 9.17) is 9.05 Å². The second-order valence-electron chi connectivity index (χ2n) is 22.4. The normalized spacial score (nSPS) is 14.8. The molecule has 460 valence electrons. The number of unbranched alkanes of at least 4 members (excludes halogenated alkanes) is 20. The summed E-state index contributed by atoms with van der Waals surface area (Å²) < 4.78 is 23.3. The van der Waals surface area contributed by atoms with Gasteiger partial charge < -0.3 is 28.8 Å². The Labute approximate surface area is 499 Å². The van der Waals surface area contributed by atoms with Crippen LogP contribution in [-0.4, -0.2) is 68.5 Å². The zero-order valence-electron chi connectivity index (χ0n) is 52.4. The maximum absolute atomic E-state index is 13.0. The van der Waals surface area contributed by atoms with Crippen LogP contribution in [-0.2, 0) is 18.4 Å². The average molecular weight is 1140 g/mol. The summed E-state index contributed by atoms with van der Waals surface area (Å²) in [7, 11) is 1.22. The largest absolute Gasteiger partial charge is 0.756 e. The Hall–Kier alpha value is -3.88. The van der Waals surface area contributed by atoms with Gasteiger partial charge >= 0.3 is 0 Å². The summed E-state index contributed by atoms with van der Waals surface area (Å²) >= 11 is 0. The number of phosphoric acid groups is 1. The van der Waals surface area contributed by atoms with Gasteiger partial charge in [-0.05, 0) is 116 Å². The number of hydrogen-bond acceptors (Lipinski definition) is 6. The van der Waals surface area contributed by atoms with Crippen LogP contribution >= 0.6 is 7.82 Å². The van der Waals surface area contributed by atoms with E-state index in [9.17, 15) is 19.4 Å². The fourth-order valence-corrected chi connectivity index (χ4v) is 9.19. The van der Waals surface area contributed by atoms with Crippen LogP contribution in [0.4, 0.5) is 0 Å². The maximum Gasteiger partial charge on any atom is 0.268 e. The van der Waals surface area contributed by atoms with Crippen LogP contribution in [0.1, 0.15) is 239 Å². The molecule has 0 radical (unpaired) electrons. The van der Waals surface area contributed by atoms with E-state index in [1.807, 2.05) is 27.2 Å². The molecule has 9 heteroatoms. The SMILES string of the molecule is CC/C=C\C/C=C\C/C=C\C/C=C\C/C=C\C/C=C\C/C=C\C/C=C\C/C=C\C/C=C\C/C=C\CCCCCCCCCC(=O)NC(COP(=O)([O-])OCC[N+](C)(C)C)C(O)/C=C/CC/C=C/CCCCCCCCCCCCCC. The highest BCUT2D eigenvalue weighted by Gasteiger charge is 2.23. The highest BCUT2D eigenvalue weighted by Crippen LogP contribution is 2.38. The second-order valence-corrected chi connectivity index (χ2v) is 23.8. The number of carbonyl (C=O) groups is 1. The quantitative estimate of drug-likeness (QED) is 0.0272. The first-order valence-corrected chi connectivity index (χ1v) is 33.8. The molecule has 0 aromatic heterocycles. The van der Waals surface area contributed by atoms with E-state index in [2.05, 4.69) is 165 Å². The van der Waals surface area contributed by atoms with Crippen LogP contribution in [0.3, 0.4) is 0 Å². The van der Waals surface area contributed by atoms with Gasteiger partial charge in [-0.2, -0.15) is 0 Å². The predicted octanol–water partition coefficient (Wildman–Crippen LogP) is 20.0. The van der Waals surface area contributed by atoms with Crippen LogP contribution in [0.25, 0.3) is 0 Å². The third kappa shape index (κ3) is 63.5. The van der Waals surface area contributed by atoms with Crippen molar-refractivity contribution in [3.63, 3.8) is 0 Å². The van der Waals surface area contributed by atoms with E-state index in [1.54, 1.807) is 6.08 Å². The van der Waals surface area contributed by atoms with Crippen molar-refractivity contribution in [1.82, 2.24) is 5.32 Å². The molecule has 0 aromatic rings. The summed E-state index contributed by atoms with van der Waals surface area (Å²) in [5, 5.41) is 13.9. The third-order valence-electron chi connectivity index (χ3n) is 13.5. The minimum Gasteiger partial charge on any atom is -0.756 e. The van der Waals surface area contributed by atoms with Gasteiger partial charge in [0.2, 0.25) is 5.91 Å². The van der Waals surface area contributed by atoms with Crippen molar-refractivity contribution in [1.29, 1.82) is 0 Å². The van der Waals surface area contributed by atoms with Crippen LogP contribution in [0.5, 0.6) is 0 Å². The van der Waals surface area contributed by atoms with E-state index in [0.29, 0.717) is 17.4 Å². The lowest BCUT2D eigenvalue weighted by Crippen LogP contribution is -2.45. The minimum atomic E-state index is -4.62. The van der Waals surface area contributed by atoms with Crippen LogP contribution in [0.15, 0.2) is 158 Å².